The molecule has 1 N–H and O–H groups in total. The number of pyridine rings is 1. The van der Waals surface area contributed by atoms with Gasteiger partial charge in [-0.2, -0.15) is 0 Å². The fourth-order valence-electron chi connectivity index (χ4n) is 2.16. The summed E-state index contributed by atoms with van der Waals surface area (Å²) < 4.78 is 8.09. The molecule has 21 heavy (non-hydrogen) atoms. The van der Waals surface area contributed by atoms with Gasteiger partial charge in [0, 0.05) is 18.8 Å². The number of nitrogens with one attached hydrogen (secondary N) is 1. The molecule has 0 aliphatic carbocycles. The van der Waals surface area contributed by atoms with Crippen LogP contribution in [0.15, 0.2) is 24.7 Å². The van der Waals surface area contributed by atoms with Gasteiger partial charge in [-0.3, -0.25) is 4.98 Å². The highest BCUT2D eigenvalue weighted by atomic mass is 16.5. The van der Waals surface area contributed by atoms with Gasteiger partial charge in [0.25, 0.3) is 0 Å². The van der Waals surface area contributed by atoms with E-state index in [0.29, 0.717) is 6.61 Å². The summed E-state index contributed by atoms with van der Waals surface area (Å²) in [7, 11) is 0. The second kappa shape index (κ2) is 7.78. The van der Waals surface area contributed by atoms with Crippen LogP contribution in [0.4, 0.5) is 0 Å². The van der Waals surface area contributed by atoms with Gasteiger partial charge in [0.1, 0.15) is 12.4 Å². The van der Waals surface area contributed by atoms with Gasteiger partial charge in [0.05, 0.1) is 23.9 Å². The molecule has 0 radical (unpaired) electrons. The van der Waals surface area contributed by atoms with E-state index in [9.17, 15) is 0 Å². The van der Waals surface area contributed by atoms with Crippen molar-refractivity contribution in [2.24, 2.45) is 0 Å². The first kappa shape index (κ1) is 15.5. The average Bonchev–Trinajstić information content (AvgIpc) is 2.92. The molecular weight excluding hydrogens is 264 g/mol. The van der Waals surface area contributed by atoms with E-state index in [2.05, 4.69) is 33.7 Å². The summed E-state index contributed by atoms with van der Waals surface area (Å²) >= 11 is 0. The zero-order valence-corrected chi connectivity index (χ0v) is 13.1. The molecule has 0 spiro atoms. The minimum absolute atomic E-state index is 0.518. The van der Waals surface area contributed by atoms with E-state index < -0.39 is 0 Å². The Kier molecular flexibility index (Phi) is 5.75. The van der Waals surface area contributed by atoms with Crippen LogP contribution in [0.2, 0.25) is 0 Å². The Balaban J connectivity index is 2.06. The molecule has 0 aliphatic rings. The van der Waals surface area contributed by atoms with E-state index in [0.717, 1.165) is 48.9 Å². The third-order valence-corrected chi connectivity index (χ3v) is 3.25. The molecular formula is C16H24N4O. The molecule has 0 aromatic carbocycles. The van der Waals surface area contributed by atoms with Gasteiger partial charge < -0.3 is 14.6 Å². The lowest BCUT2D eigenvalue weighted by molar-refractivity contribution is 0.289. The van der Waals surface area contributed by atoms with Crippen molar-refractivity contribution in [1.29, 1.82) is 0 Å². The minimum atomic E-state index is 0.518. The van der Waals surface area contributed by atoms with E-state index in [1.54, 1.807) is 0 Å². The minimum Gasteiger partial charge on any atom is -0.485 e. The van der Waals surface area contributed by atoms with Crippen molar-refractivity contribution in [2.75, 3.05) is 6.54 Å². The molecule has 0 saturated carbocycles. The number of hydrogen-bond donors (Lipinski definition) is 1. The number of nitrogens with zero attached hydrogens (tertiary/aromatic N) is 3. The molecule has 0 fully saturated rings. The maximum Gasteiger partial charge on any atom is 0.142 e. The van der Waals surface area contributed by atoms with Crippen molar-refractivity contribution in [3.63, 3.8) is 0 Å². The number of rotatable bonds is 8. The van der Waals surface area contributed by atoms with Crippen LogP contribution in [-0.2, 0) is 19.7 Å². The van der Waals surface area contributed by atoms with Crippen molar-refractivity contribution in [2.45, 2.75) is 46.9 Å². The van der Waals surface area contributed by atoms with Crippen molar-refractivity contribution in [3.8, 4) is 5.75 Å². The zero-order chi connectivity index (χ0) is 15.1. The maximum atomic E-state index is 5.96. The van der Waals surface area contributed by atoms with E-state index in [1.807, 2.05) is 31.6 Å². The lowest BCUT2D eigenvalue weighted by Gasteiger charge is -2.13. The second-order valence-corrected chi connectivity index (χ2v) is 5.04. The van der Waals surface area contributed by atoms with Crippen molar-refractivity contribution in [3.05, 3.63) is 41.7 Å². The topological polar surface area (TPSA) is 52.0 Å². The summed E-state index contributed by atoms with van der Waals surface area (Å²) in [5.74, 6) is 0.839. The SMILES string of the molecule is CCCn1cncc1COc1ccc(C)nc1CNCC. The molecule has 0 unspecified atom stereocenters. The molecule has 0 bridgehead atoms. The van der Waals surface area contributed by atoms with Gasteiger partial charge in [0.15, 0.2) is 0 Å². The van der Waals surface area contributed by atoms with E-state index >= 15 is 0 Å². The van der Waals surface area contributed by atoms with Crippen LogP contribution in [0.1, 0.15) is 37.4 Å². The van der Waals surface area contributed by atoms with Crippen LogP contribution in [0.25, 0.3) is 0 Å². The van der Waals surface area contributed by atoms with Gasteiger partial charge in [-0.25, -0.2) is 4.98 Å². The summed E-state index contributed by atoms with van der Waals surface area (Å²) in [4.78, 5) is 8.75. The van der Waals surface area contributed by atoms with Crippen LogP contribution in [-0.4, -0.2) is 21.1 Å². The molecule has 0 amide bonds. The Bertz CT molecular complexity index is 565. The number of ether oxygens (including phenoxy) is 1. The van der Waals surface area contributed by atoms with Gasteiger partial charge in [-0.05, 0) is 32.0 Å². The highest BCUT2D eigenvalue weighted by Gasteiger charge is 2.08. The molecule has 2 aromatic rings. The van der Waals surface area contributed by atoms with Crippen molar-refractivity contribution < 1.29 is 4.74 Å². The maximum absolute atomic E-state index is 5.96. The third-order valence-electron chi connectivity index (χ3n) is 3.25. The largest absolute Gasteiger partial charge is 0.485 e. The molecule has 2 aromatic heterocycles. The second-order valence-electron chi connectivity index (χ2n) is 5.04. The van der Waals surface area contributed by atoms with Crippen LogP contribution in [0.5, 0.6) is 5.75 Å². The summed E-state index contributed by atoms with van der Waals surface area (Å²) in [5.41, 5.74) is 3.05. The van der Waals surface area contributed by atoms with Gasteiger partial charge in [0.2, 0.25) is 0 Å². The number of aryl methyl sites for hydroxylation is 2. The van der Waals surface area contributed by atoms with Crippen LogP contribution < -0.4 is 10.1 Å². The highest BCUT2D eigenvalue weighted by molar-refractivity contribution is 5.29. The fourth-order valence-corrected chi connectivity index (χ4v) is 2.16. The summed E-state index contributed by atoms with van der Waals surface area (Å²) in [6.45, 7) is 9.36. The van der Waals surface area contributed by atoms with E-state index in [1.165, 1.54) is 0 Å². The lowest BCUT2D eigenvalue weighted by Crippen LogP contribution is -2.15. The quantitative estimate of drug-likeness (QED) is 0.811. The summed E-state index contributed by atoms with van der Waals surface area (Å²) in [6.07, 6.45) is 4.80. The molecule has 0 atom stereocenters. The van der Waals surface area contributed by atoms with E-state index in [-0.39, 0.29) is 0 Å². The van der Waals surface area contributed by atoms with Gasteiger partial charge in [-0.1, -0.05) is 13.8 Å². The number of aromatic nitrogens is 3. The first-order valence-electron chi connectivity index (χ1n) is 7.53. The number of hydrogen-bond acceptors (Lipinski definition) is 4. The predicted octanol–water partition coefficient (Wildman–Crippen LogP) is 2.69. The van der Waals surface area contributed by atoms with Crippen molar-refractivity contribution >= 4 is 0 Å². The highest BCUT2D eigenvalue weighted by Crippen LogP contribution is 2.18. The Morgan fingerprint density at radius 1 is 1.29 bits per heavy atom. The van der Waals surface area contributed by atoms with Gasteiger partial charge >= 0.3 is 0 Å². The smallest absolute Gasteiger partial charge is 0.142 e. The summed E-state index contributed by atoms with van der Waals surface area (Å²) in [6, 6.07) is 3.98. The Morgan fingerprint density at radius 3 is 2.90 bits per heavy atom. The Morgan fingerprint density at radius 2 is 2.14 bits per heavy atom. The average molecular weight is 288 g/mol. The van der Waals surface area contributed by atoms with Crippen LogP contribution in [0, 0.1) is 6.92 Å². The third kappa shape index (κ3) is 4.29. The zero-order valence-electron chi connectivity index (χ0n) is 13.1. The molecule has 2 heterocycles. The van der Waals surface area contributed by atoms with E-state index in [4.69, 9.17) is 4.74 Å². The summed E-state index contributed by atoms with van der Waals surface area (Å²) in [5, 5.41) is 3.30. The first-order valence-corrected chi connectivity index (χ1v) is 7.53. The van der Waals surface area contributed by atoms with Gasteiger partial charge in [-0.15, -0.1) is 0 Å². The monoisotopic (exact) mass is 288 g/mol. The molecule has 0 aliphatic heterocycles. The van der Waals surface area contributed by atoms with Crippen LogP contribution in [0.3, 0.4) is 0 Å². The predicted molar refractivity (Wildman–Crippen MR) is 83.2 cm³/mol. The first-order chi connectivity index (χ1) is 10.2. The lowest BCUT2D eigenvalue weighted by atomic mass is 10.3. The van der Waals surface area contributed by atoms with Crippen molar-refractivity contribution in [1.82, 2.24) is 19.9 Å². The Labute approximate surface area is 126 Å². The van der Waals surface area contributed by atoms with Crippen LogP contribution >= 0.6 is 0 Å². The molecule has 2 rings (SSSR count). The molecule has 5 nitrogen and oxygen atoms in total. The number of imidazole rings is 1. The standard InChI is InChI=1S/C16H24N4O/c1-4-8-20-12-18-9-14(20)11-21-16-7-6-13(3)19-15(16)10-17-5-2/h6-7,9,12,17H,4-5,8,10-11H2,1-3H3. The molecule has 0 saturated heterocycles. The fraction of sp³-hybridized carbons (Fsp3) is 0.500. The Hall–Kier alpha value is -1.88. The normalized spacial score (nSPS) is 10.8. The molecule has 5 heteroatoms. The molecule has 114 valence electrons.